The lowest BCUT2D eigenvalue weighted by Gasteiger charge is -2.01. The molecule has 0 aromatic carbocycles. The van der Waals surface area contributed by atoms with E-state index in [1.54, 1.807) is 0 Å². The number of nitrogens with one attached hydrogen (secondary N) is 3. The third-order valence-corrected chi connectivity index (χ3v) is 2.07. The van der Waals surface area contributed by atoms with Crippen LogP contribution in [-0.4, -0.2) is 24.5 Å². The van der Waals surface area contributed by atoms with Gasteiger partial charge in [-0.3, -0.25) is 20.9 Å². The van der Waals surface area contributed by atoms with E-state index in [4.69, 9.17) is 27.0 Å². The monoisotopic (exact) mass is 273 g/mol. The summed E-state index contributed by atoms with van der Waals surface area (Å²) in [5.74, 6) is -0.788. The Kier molecular flexibility index (Phi) is 14.7. The molecule has 0 aliphatic carbocycles. The third-order valence-electron chi connectivity index (χ3n) is 2.07. The molecule has 7 nitrogen and oxygen atoms in total. The smallest absolute Gasteiger partial charge is 0.302 e. The summed E-state index contributed by atoms with van der Waals surface area (Å²) in [6, 6.07) is 0. The van der Waals surface area contributed by atoms with Gasteiger partial charge in [-0.15, -0.1) is 0 Å². The van der Waals surface area contributed by atoms with Crippen LogP contribution < -0.4 is 16.8 Å². The fraction of sp³-hybridized carbons (Fsp3) is 0.750. The summed E-state index contributed by atoms with van der Waals surface area (Å²) in [4.78, 5) is 10.4. The van der Waals surface area contributed by atoms with Crippen LogP contribution in [0.4, 0.5) is 0 Å². The van der Waals surface area contributed by atoms with E-state index >= 15 is 0 Å². The molecule has 0 saturated carbocycles. The van der Waals surface area contributed by atoms with Crippen LogP contribution in [0.15, 0.2) is 0 Å². The summed E-state index contributed by atoms with van der Waals surface area (Å²) in [7, 11) is 0. The molecule has 0 aliphatic rings. The van der Waals surface area contributed by atoms with Crippen molar-refractivity contribution >= 4 is 17.9 Å². The molecule has 19 heavy (non-hydrogen) atoms. The number of hydrogen-bond acceptors (Lipinski definition) is 4. The van der Waals surface area contributed by atoms with Crippen LogP contribution in [0.25, 0.3) is 0 Å². The van der Waals surface area contributed by atoms with E-state index in [2.05, 4.69) is 6.92 Å². The standard InChI is InChI=1S/C10H20O2.C2H7N5/c1-3-4-5-6-7-8-9-12-10(2)11;3-1(4)7-2(5)6/h3-9H2,1-2H3;(H7,3,4,5,6,7). The molecule has 0 aromatic rings. The van der Waals surface area contributed by atoms with Gasteiger partial charge in [-0.25, -0.2) is 0 Å². The van der Waals surface area contributed by atoms with E-state index in [1.165, 1.54) is 39.0 Å². The van der Waals surface area contributed by atoms with Crippen molar-refractivity contribution < 1.29 is 9.53 Å². The Bertz CT molecular complexity index is 257. The van der Waals surface area contributed by atoms with E-state index in [-0.39, 0.29) is 17.9 Å². The van der Waals surface area contributed by atoms with Gasteiger partial charge in [0.25, 0.3) is 0 Å². The molecule has 0 unspecified atom stereocenters. The lowest BCUT2D eigenvalue weighted by Crippen LogP contribution is -2.39. The number of rotatable bonds is 7. The number of carbonyl (C=O) groups excluding carboxylic acids is 1. The quantitative estimate of drug-likeness (QED) is 0.206. The van der Waals surface area contributed by atoms with Gasteiger partial charge in [0.2, 0.25) is 0 Å². The summed E-state index contributed by atoms with van der Waals surface area (Å²) in [6.45, 7) is 4.26. The fourth-order valence-corrected chi connectivity index (χ4v) is 1.24. The lowest BCUT2D eigenvalue weighted by molar-refractivity contribution is -0.141. The zero-order valence-corrected chi connectivity index (χ0v) is 11.9. The summed E-state index contributed by atoms with van der Waals surface area (Å²) < 4.78 is 4.81. The SMILES string of the molecule is CCCCCCCCOC(C)=O.N=C(N)NC(=N)N. The molecule has 0 fully saturated rings. The largest absolute Gasteiger partial charge is 0.466 e. The second kappa shape index (κ2) is 14.3. The van der Waals surface area contributed by atoms with Crippen LogP contribution >= 0.6 is 0 Å². The number of esters is 1. The van der Waals surface area contributed by atoms with E-state index < -0.39 is 0 Å². The van der Waals surface area contributed by atoms with Crippen molar-refractivity contribution in [1.82, 2.24) is 5.32 Å². The highest BCUT2D eigenvalue weighted by Gasteiger charge is 1.92. The van der Waals surface area contributed by atoms with E-state index in [0.717, 1.165) is 6.42 Å². The minimum Gasteiger partial charge on any atom is -0.466 e. The van der Waals surface area contributed by atoms with Gasteiger partial charge in [0.05, 0.1) is 6.61 Å². The highest BCUT2D eigenvalue weighted by Crippen LogP contribution is 2.04. The van der Waals surface area contributed by atoms with Crippen molar-refractivity contribution in [2.24, 2.45) is 11.5 Å². The van der Waals surface area contributed by atoms with Crippen LogP contribution in [0.5, 0.6) is 0 Å². The first-order valence-corrected chi connectivity index (χ1v) is 6.48. The van der Waals surface area contributed by atoms with Crippen LogP contribution in [0.1, 0.15) is 52.4 Å². The van der Waals surface area contributed by atoms with E-state index in [1.807, 2.05) is 5.32 Å². The van der Waals surface area contributed by atoms with Crippen LogP contribution in [0, 0.1) is 10.8 Å². The molecule has 7 heteroatoms. The maximum absolute atomic E-state index is 10.4. The van der Waals surface area contributed by atoms with Gasteiger partial charge < -0.3 is 16.2 Å². The maximum Gasteiger partial charge on any atom is 0.302 e. The van der Waals surface area contributed by atoms with Gasteiger partial charge in [-0.1, -0.05) is 39.0 Å². The average molecular weight is 273 g/mol. The fourth-order valence-electron chi connectivity index (χ4n) is 1.24. The lowest BCUT2D eigenvalue weighted by atomic mass is 10.1. The zero-order valence-electron chi connectivity index (χ0n) is 11.9. The van der Waals surface area contributed by atoms with Gasteiger partial charge in [-0.2, -0.15) is 0 Å². The Balaban J connectivity index is 0. The Hall–Kier alpha value is -1.79. The Morgan fingerprint density at radius 1 is 1.05 bits per heavy atom. The summed E-state index contributed by atoms with van der Waals surface area (Å²) in [6.07, 6.45) is 7.40. The molecule has 0 saturated heterocycles. The number of carbonyl (C=O) groups is 1. The minimum atomic E-state index is -0.312. The molecule has 0 amide bonds. The maximum atomic E-state index is 10.4. The molecule has 0 heterocycles. The predicted molar refractivity (Wildman–Crippen MR) is 77.0 cm³/mol. The topological polar surface area (TPSA) is 138 Å². The minimum absolute atomic E-state index is 0.163. The molecule has 112 valence electrons. The Labute approximate surface area is 115 Å². The Morgan fingerprint density at radius 2 is 1.53 bits per heavy atom. The highest BCUT2D eigenvalue weighted by molar-refractivity contribution is 5.93. The van der Waals surface area contributed by atoms with Crippen molar-refractivity contribution in [1.29, 1.82) is 10.8 Å². The molecule has 7 N–H and O–H groups in total. The number of guanidine groups is 2. The predicted octanol–water partition coefficient (Wildman–Crippen LogP) is 1.27. The summed E-state index contributed by atoms with van der Waals surface area (Å²) >= 11 is 0. The molecule has 0 aliphatic heterocycles. The van der Waals surface area contributed by atoms with Gasteiger partial charge in [0.15, 0.2) is 11.9 Å². The van der Waals surface area contributed by atoms with Crippen LogP contribution in [0.3, 0.4) is 0 Å². The van der Waals surface area contributed by atoms with Crippen LogP contribution in [0.2, 0.25) is 0 Å². The molecule has 0 spiro atoms. The molecule has 0 rings (SSSR count). The molecule has 0 aromatic heterocycles. The number of unbranched alkanes of at least 4 members (excludes halogenated alkanes) is 5. The second-order valence-corrected chi connectivity index (χ2v) is 4.06. The Morgan fingerprint density at radius 3 is 1.89 bits per heavy atom. The first-order chi connectivity index (χ1) is 8.90. The van der Waals surface area contributed by atoms with Gasteiger partial charge in [0.1, 0.15) is 0 Å². The van der Waals surface area contributed by atoms with Crippen LogP contribution in [-0.2, 0) is 9.53 Å². The normalized spacial score (nSPS) is 8.95. The van der Waals surface area contributed by atoms with Crippen molar-refractivity contribution in [3.8, 4) is 0 Å². The van der Waals surface area contributed by atoms with Gasteiger partial charge in [-0.05, 0) is 6.42 Å². The number of ether oxygens (including phenoxy) is 1. The molecular weight excluding hydrogens is 246 g/mol. The average Bonchev–Trinajstić information content (AvgIpc) is 2.26. The number of hydrogen-bond donors (Lipinski definition) is 5. The van der Waals surface area contributed by atoms with E-state index in [9.17, 15) is 4.79 Å². The molecular formula is C12H27N5O2. The van der Waals surface area contributed by atoms with Crippen molar-refractivity contribution in [2.45, 2.75) is 52.4 Å². The third kappa shape index (κ3) is 26.0. The highest BCUT2D eigenvalue weighted by atomic mass is 16.5. The summed E-state index contributed by atoms with van der Waals surface area (Å²) in [5.41, 5.74) is 9.49. The number of nitrogens with two attached hydrogens (primary N) is 2. The molecule has 0 atom stereocenters. The summed E-state index contributed by atoms with van der Waals surface area (Å²) in [5, 5.41) is 15.0. The molecule has 0 radical (unpaired) electrons. The first kappa shape index (κ1) is 19.5. The first-order valence-electron chi connectivity index (χ1n) is 6.48. The second-order valence-electron chi connectivity index (χ2n) is 4.06. The zero-order chi connectivity index (χ0) is 15.1. The van der Waals surface area contributed by atoms with Gasteiger partial charge in [0, 0.05) is 6.92 Å². The van der Waals surface area contributed by atoms with Crippen molar-refractivity contribution in [3.63, 3.8) is 0 Å². The van der Waals surface area contributed by atoms with Crippen molar-refractivity contribution in [3.05, 3.63) is 0 Å². The van der Waals surface area contributed by atoms with E-state index in [0.29, 0.717) is 6.61 Å². The van der Waals surface area contributed by atoms with Gasteiger partial charge >= 0.3 is 5.97 Å². The molecule has 0 bridgehead atoms. The van der Waals surface area contributed by atoms with Crippen molar-refractivity contribution in [2.75, 3.05) is 6.61 Å².